The minimum Gasteiger partial charge on any atom is -0.364 e. The molecule has 1 aliphatic heterocycles. The molecule has 1 aromatic carbocycles. The number of halogens is 1. The molecule has 0 unspecified atom stereocenters. The molecule has 2 N–H and O–H groups in total. The molecule has 0 saturated carbocycles. The van der Waals surface area contributed by atoms with Crippen molar-refractivity contribution >= 4 is 35.6 Å². The zero-order chi connectivity index (χ0) is 15.1. The van der Waals surface area contributed by atoms with E-state index in [9.17, 15) is 0 Å². The van der Waals surface area contributed by atoms with Gasteiger partial charge in [-0.25, -0.2) is 0 Å². The maximum Gasteiger partial charge on any atom is 0.191 e. The molecular weight excluding hydrogens is 387 g/mol. The van der Waals surface area contributed by atoms with Gasteiger partial charge in [-0.15, -0.1) is 24.0 Å². The Labute approximate surface area is 151 Å². The SMILES string of the molecule is CN=C(NCc1ccc(N2CC=CC2)cc1)NCC(C)C.I. The fourth-order valence-corrected chi connectivity index (χ4v) is 2.22. The van der Waals surface area contributed by atoms with E-state index in [0.717, 1.165) is 32.1 Å². The molecule has 122 valence electrons. The molecule has 1 aromatic rings. The molecule has 0 saturated heterocycles. The summed E-state index contributed by atoms with van der Waals surface area (Å²) in [7, 11) is 1.80. The van der Waals surface area contributed by atoms with Crippen molar-refractivity contribution in [3.05, 3.63) is 42.0 Å². The van der Waals surface area contributed by atoms with Gasteiger partial charge >= 0.3 is 0 Å². The third-order valence-corrected chi connectivity index (χ3v) is 3.48. The van der Waals surface area contributed by atoms with Crippen LogP contribution in [0.3, 0.4) is 0 Å². The van der Waals surface area contributed by atoms with E-state index in [-0.39, 0.29) is 24.0 Å². The molecule has 0 spiro atoms. The van der Waals surface area contributed by atoms with Gasteiger partial charge < -0.3 is 15.5 Å². The molecule has 0 fully saturated rings. The zero-order valence-electron chi connectivity index (χ0n) is 13.7. The van der Waals surface area contributed by atoms with Gasteiger partial charge in [-0.05, 0) is 23.6 Å². The molecule has 0 aromatic heterocycles. The summed E-state index contributed by atoms with van der Waals surface area (Å²) in [6, 6.07) is 8.73. The first-order valence-corrected chi connectivity index (χ1v) is 7.62. The Balaban J connectivity index is 0.00000242. The first-order chi connectivity index (χ1) is 10.2. The van der Waals surface area contributed by atoms with Crippen LogP contribution < -0.4 is 15.5 Å². The quantitative estimate of drug-likeness (QED) is 0.337. The van der Waals surface area contributed by atoms with Crippen molar-refractivity contribution in [1.29, 1.82) is 0 Å². The molecule has 1 heterocycles. The number of benzene rings is 1. The summed E-state index contributed by atoms with van der Waals surface area (Å²) in [6.07, 6.45) is 4.42. The number of rotatable bonds is 5. The Morgan fingerprint density at radius 3 is 2.32 bits per heavy atom. The molecule has 0 amide bonds. The van der Waals surface area contributed by atoms with Crippen LogP contribution in [0.15, 0.2) is 41.4 Å². The first kappa shape index (κ1) is 18.8. The van der Waals surface area contributed by atoms with Crippen LogP contribution in [-0.4, -0.2) is 32.6 Å². The monoisotopic (exact) mass is 414 g/mol. The molecule has 2 rings (SSSR count). The standard InChI is InChI=1S/C17H26N4.HI/c1-14(2)12-19-17(18-3)20-13-15-6-8-16(9-7-15)21-10-4-5-11-21;/h4-9,14H,10-13H2,1-3H3,(H2,18,19,20);1H. The average Bonchev–Trinajstić information content (AvgIpc) is 3.02. The van der Waals surface area contributed by atoms with E-state index >= 15 is 0 Å². The summed E-state index contributed by atoms with van der Waals surface area (Å²) < 4.78 is 0. The molecule has 1 aliphatic rings. The van der Waals surface area contributed by atoms with Gasteiger partial charge in [0.25, 0.3) is 0 Å². The summed E-state index contributed by atoms with van der Waals surface area (Å²) in [6.45, 7) is 8.13. The van der Waals surface area contributed by atoms with Crippen LogP contribution in [-0.2, 0) is 6.54 Å². The van der Waals surface area contributed by atoms with E-state index in [1.807, 2.05) is 0 Å². The Morgan fingerprint density at radius 1 is 1.14 bits per heavy atom. The van der Waals surface area contributed by atoms with Gasteiger partial charge in [-0.2, -0.15) is 0 Å². The van der Waals surface area contributed by atoms with Crippen molar-refractivity contribution in [2.75, 3.05) is 31.6 Å². The third-order valence-electron chi connectivity index (χ3n) is 3.48. The smallest absolute Gasteiger partial charge is 0.191 e. The van der Waals surface area contributed by atoms with Gasteiger partial charge in [0.05, 0.1) is 0 Å². The van der Waals surface area contributed by atoms with Crippen molar-refractivity contribution in [3.63, 3.8) is 0 Å². The van der Waals surface area contributed by atoms with Gasteiger partial charge in [0.1, 0.15) is 0 Å². The van der Waals surface area contributed by atoms with Crippen molar-refractivity contribution in [2.45, 2.75) is 20.4 Å². The van der Waals surface area contributed by atoms with E-state index in [1.165, 1.54) is 11.3 Å². The highest BCUT2D eigenvalue weighted by molar-refractivity contribution is 14.0. The lowest BCUT2D eigenvalue weighted by Gasteiger charge is -2.18. The summed E-state index contributed by atoms with van der Waals surface area (Å²) in [5.41, 5.74) is 2.55. The molecule has 5 heteroatoms. The van der Waals surface area contributed by atoms with E-state index in [1.54, 1.807) is 7.05 Å². The average molecular weight is 414 g/mol. The molecular formula is C17H27IN4. The van der Waals surface area contributed by atoms with Crippen LogP contribution in [0.2, 0.25) is 0 Å². The van der Waals surface area contributed by atoms with Crippen LogP contribution in [0.25, 0.3) is 0 Å². The number of guanidine groups is 1. The normalized spacial score (nSPS) is 14.2. The number of aliphatic imine (C=N–C) groups is 1. The highest BCUT2D eigenvalue weighted by atomic mass is 127. The summed E-state index contributed by atoms with van der Waals surface area (Å²) in [5.74, 6) is 1.47. The number of nitrogens with one attached hydrogen (secondary N) is 2. The molecule has 0 radical (unpaired) electrons. The molecule has 4 nitrogen and oxygen atoms in total. The van der Waals surface area contributed by atoms with Gasteiger partial charge in [0.15, 0.2) is 5.96 Å². The Hall–Kier alpha value is -1.24. The molecule has 0 bridgehead atoms. The van der Waals surface area contributed by atoms with Crippen molar-refractivity contribution in [2.24, 2.45) is 10.9 Å². The third kappa shape index (κ3) is 5.87. The first-order valence-electron chi connectivity index (χ1n) is 7.62. The highest BCUT2D eigenvalue weighted by Gasteiger charge is 2.07. The number of anilines is 1. The fraction of sp³-hybridized carbons (Fsp3) is 0.471. The lowest BCUT2D eigenvalue weighted by Crippen LogP contribution is -2.38. The summed E-state index contributed by atoms with van der Waals surface area (Å²) >= 11 is 0. The molecule has 0 aliphatic carbocycles. The van der Waals surface area contributed by atoms with E-state index in [2.05, 4.69) is 70.8 Å². The Kier molecular flexibility index (Phi) is 8.30. The van der Waals surface area contributed by atoms with Crippen LogP contribution in [0.5, 0.6) is 0 Å². The maximum absolute atomic E-state index is 4.23. The van der Waals surface area contributed by atoms with Gasteiger partial charge in [-0.3, -0.25) is 4.99 Å². The predicted octanol–water partition coefficient (Wildman–Crippen LogP) is 3.00. The van der Waals surface area contributed by atoms with E-state index < -0.39 is 0 Å². The van der Waals surface area contributed by atoms with E-state index in [4.69, 9.17) is 0 Å². The molecule has 0 atom stereocenters. The second-order valence-corrected chi connectivity index (χ2v) is 5.74. The second-order valence-electron chi connectivity index (χ2n) is 5.74. The van der Waals surface area contributed by atoms with Crippen molar-refractivity contribution in [3.8, 4) is 0 Å². The predicted molar refractivity (Wildman–Crippen MR) is 106 cm³/mol. The van der Waals surface area contributed by atoms with Crippen LogP contribution >= 0.6 is 24.0 Å². The van der Waals surface area contributed by atoms with Gasteiger partial charge in [0.2, 0.25) is 0 Å². The summed E-state index contributed by atoms with van der Waals surface area (Å²) in [5, 5.41) is 6.66. The van der Waals surface area contributed by atoms with Crippen LogP contribution in [0, 0.1) is 5.92 Å². The van der Waals surface area contributed by atoms with Gasteiger partial charge in [-0.1, -0.05) is 38.1 Å². The van der Waals surface area contributed by atoms with E-state index in [0.29, 0.717) is 5.92 Å². The number of hydrogen-bond donors (Lipinski definition) is 2. The zero-order valence-corrected chi connectivity index (χ0v) is 16.0. The minimum atomic E-state index is 0. The van der Waals surface area contributed by atoms with Gasteiger partial charge in [0, 0.05) is 38.9 Å². The number of hydrogen-bond acceptors (Lipinski definition) is 2. The largest absolute Gasteiger partial charge is 0.364 e. The lowest BCUT2D eigenvalue weighted by atomic mass is 10.2. The molecule has 22 heavy (non-hydrogen) atoms. The highest BCUT2D eigenvalue weighted by Crippen LogP contribution is 2.17. The minimum absolute atomic E-state index is 0. The topological polar surface area (TPSA) is 39.7 Å². The summed E-state index contributed by atoms with van der Waals surface area (Å²) in [4.78, 5) is 6.58. The maximum atomic E-state index is 4.23. The second kappa shape index (κ2) is 9.71. The lowest BCUT2D eigenvalue weighted by molar-refractivity contribution is 0.614. The van der Waals surface area contributed by atoms with Crippen LogP contribution in [0.1, 0.15) is 19.4 Å². The Bertz CT molecular complexity index is 486. The van der Waals surface area contributed by atoms with Crippen molar-refractivity contribution < 1.29 is 0 Å². The number of nitrogens with zero attached hydrogens (tertiary/aromatic N) is 2. The Morgan fingerprint density at radius 2 is 1.77 bits per heavy atom. The fourth-order valence-electron chi connectivity index (χ4n) is 2.22. The van der Waals surface area contributed by atoms with Crippen LogP contribution in [0.4, 0.5) is 5.69 Å². The van der Waals surface area contributed by atoms with Crippen molar-refractivity contribution in [1.82, 2.24) is 10.6 Å².